The van der Waals surface area contributed by atoms with Gasteiger partial charge in [0.1, 0.15) is 24.7 Å². The van der Waals surface area contributed by atoms with Crippen molar-refractivity contribution in [1.29, 1.82) is 0 Å². The Balaban J connectivity index is 0.000000200. The third-order valence-electron chi connectivity index (χ3n) is 3.52. The Morgan fingerprint density at radius 1 is 0.650 bits per heavy atom. The third kappa shape index (κ3) is 4.35. The second-order valence-electron chi connectivity index (χ2n) is 5.08. The van der Waals surface area contributed by atoms with Crippen LogP contribution in [0.3, 0.4) is 0 Å². The molecule has 2 N–H and O–H groups in total. The summed E-state index contributed by atoms with van der Waals surface area (Å²) < 4.78 is 49.2. The Kier molecular flexibility index (Phi) is 5.76. The minimum Gasteiger partial charge on any atom is -0.481 e. The second kappa shape index (κ2) is 6.90. The van der Waals surface area contributed by atoms with Crippen LogP contribution in [0.25, 0.3) is 0 Å². The molecular formula is C12H16F4O4. The summed E-state index contributed by atoms with van der Waals surface area (Å²) in [7, 11) is 0. The summed E-state index contributed by atoms with van der Waals surface area (Å²) in [6.07, 6.45) is -6.95. The van der Waals surface area contributed by atoms with Crippen LogP contribution in [0, 0.1) is 11.8 Å². The molecule has 2 unspecified atom stereocenters. The van der Waals surface area contributed by atoms with E-state index in [4.69, 9.17) is 10.2 Å². The SMILES string of the molecule is O=C(O)C1C[C@@H](F)[C@@H](F)C1.O=C(O)C1C[C@@H](F)[C@@H](F)C1. The van der Waals surface area contributed by atoms with Crippen molar-refractivity contribution in [1.82, 2.24) is 0 Å². The molecule has 2 aliphatic carbocycles. The van der Waals surface area contributed by atoms with E-state index in [1.807, 2.05) is 0 Å². The van der Waals surface area contributed by atoms with E-state index in [0.717, 1.165) is 0 Å². The Labute approximate surface area is 112 Å². The van der Waals surface area contributed by atoms with Crippen LogP contribution in [-0.4, -0.2) is 46.8 Å². The van der Waals surface area contributed by atoms with Gasteiger partial charge in [-0.05, 0) is 25.7 Å². The van der Waals surface area contributed by atoms with Gasteiger partial charge in [0.15, 0.2) is 0 Å². The van der Waals surface area contributed by atoms with Crippen molar-refractivity contribution in [3.05, 3.63) is 0 Å². The van der Waals surface area contributed by atoms with Crippen LogP contribution >= 0.6 is 0 Å². The average molecular weight is 300 g/mol. The highest BCUT2D eigenvalue weighted by molar-refractivity contribution is 5.70. The first-order chi connectivity index (χ1) is 9.22. The molecule has 0 aromatic rings. The monoisotopic (exact) mass is 300 g/mol. The maximum Gasteiger partial charge on any atom is 0.306 e. The first-order valence-corrected chi connectivity index (χ1v) is 6.24. The zero-order valence-corrected chi connectivity index (χ0v) is 10.5. The number of carboxylic acids is 2. The van der Waals surface area contributed by atoms with Crippen molar-refractivity contribution in [2.75, 3.05) is 0 Å². The number of rotatable bonds is 2. The van der Waals surface area contributed by atoms with Gasteiger partial charge in [0.05, 0.1) is 11.8 Å². The fourth-order valence-corrected chi connectivity index (χ4v) is 2.27. The lowest BCUT2D eigenvalue weighted by Gasteiger charge is -1.97. The molecule has 6 atom stereocenters. The molecule has 0 aliphatic heterocycles. The van der Waals surface area contributed by atoms with Crippen LogP contribution in [0.5, 0.6) is 0 Å². The van der Waals surface area contributed by atoms with Gasteiger partial charge in [0.25, 0.3) is 0 Å². The lowest BCUT2D eigenvalue weighted by molar-refractivity contribution is -0.142. The Morgan fingerprint density at radius 2 is 0.850 bits per heavy atom. The fraction of sp³-hybridized carbons (Fsp3) is 0.833. The Hall–Kier alpha value is -1.34. The molecule has 20 heavy (non-hydrogen) atoms. The van der Waals surface area contributed by atoms with Gasteiger partial charge in [-0.1, -0.05) is 0 Å². The quantitative estimate of drug-likeness (QED) is 0.767. The van der Waals surface area contributed by atoms with Crippen LogP contribution in [0.4, 0.5) is 17.6 Å². The number of carbonyl (C=O) groups is 2. The molecule has 4 nitrogen and oxygen atoms in total. The van der Waals surface area contributed by atoms with Gasteiger partial charge in [0, 0.05) is 0 Å². The molecular weight excluding hydrogens is 284 g/mol. The van der Waals surface area contributed by atoms with E-state index in [1.165, 1.54) is 0 Å². The predicted molar refractivity (Wildman–Crippen MR) is 60.3 cm³/mol. The van der Waals surface area contributed by atoms with Gasteiger partial charge in [-0.15, -0.1) is 0 Å². The number of hydrogen-bond acceptors (Lipinski definition) is 2. The number of alkyl halides is 4. The molecule has 2 rings (SSSR count). The summed E-state index contributed by atoms with van der Waals surface area (Å²) in [4.78, 5) is 20.3. The highest BCUT2D eigenvalue weighted by Crippen LogP contribution is 2.31. The zero-order chi connectivity index (χ0) is 15.4. The molecule has 0 bridgehead atoms. The molecule has 116 valence electrons. The van der Waals surface area contributed by atoms with Gasteiger partial charge < -0.3 is 10.2 Å². The van der Waals surface area contributed by atoms with Crippen LogP contribution in [-0.2, 0) is 9.59 Å². The molecule has 0 amide bonds. The van der Waals surface area contributed by atoms with E-state index in [1.54, 1.807) is 0 Å². The van der Waals surface area contributed by atoms with E-state index in [9.17, 15) is 27.2 Å². The van der Waals surface area contributed by atoms with Crippen molar-refractivity contribution in [2.45, 2.75) is 50.4 Å². The maximum absolute atomic E-state index is 12.3. The van der Waals surface area contributed by atoms with Crippen molar-refractivity contribution in [3.8, 4) is 0 Å². The second-order valence-corrected chi connectivity index (χ2v) is 5.08. The predicted octanol–water partition coefficient (Wildman–Crippen LogP) is 2.31. The highest BCUT2D eigenvalue weighted by atomic mass is 19.2. The van der Waals surface area contributed by atoms with Crippen molar-refractivity contribution < 1.29 is 37.4 Å². The number of hydrogen-bond donors (Lipinski definition) is 2. The molecule has 2 aliphatic rings. The lowest BCUT2D eigenvalue weighted by atomic mass is 10.1. The number of carboxylic acid groups (broad SMARTS) is 2. The van der Waals surface area contributed by atoms with Crippen molar-refractivity contribution in [2.24, 2.45) is 11.8 Å². The van der Waals surface area contributed by atoms with Crippen LogP contribution in [0.15, 0.2) is 0 Å². The van der Waals surface area contributed by atoms with Crippen LogP contribution in [0.2, 0.25) is 0 Å². The standard InChI is InChI=1S/2C6H8F2O2/c2*7-4-1-3(6(9)10)2-5(4)8/h2*3-5H,1-2H2,(H,9,10)/t2*3?,4-,5+. The topological polar surface area (TPSA) is 74.6 Å². The average Bonchev–Trinajstić information content (AvgIpc) is 2.85. The van der Waals surface area contributed by atoms with Gasteiger partial charge in [-0.25, -0.2) is 17.6 Å². The Morgan fingerprint density at radius 3 is 0.950 bits per heavy atom. The van der Waals surface area contributed by atoms with Gasteiger partial charge >= 0.3 is 11.9 Å². The minimum absolute atomic E-state index is 0.170. The molecule has 2 fully saturated rings. The fourth-order valence-electron chi connectivity index (χ4n) is 2.27. The summed E-state index contributed by atoms with van der Waals surface area (Å²) in [6.45, 7) is 0. The van der Waals surface area contributed by atoms with E-state index < -0.39 is 48.5 Å². The highest BCUT2D eigenvalue weighted by Gasteiger charge is 2.38. The largest absolute Gasteiger partial charge is 0.481 e. The van der Waals surface area contributed by atoms with Gasteiger partial charge in [-0.2, -0.15) is 0 Å². The molecule has 0 aromatic carbocycles. The summed E-state index contributed by atoms with van der Waals surface area (Å²) in [6, 6.07) is 0. The first kappa shape index (κ1) is 16.7. The van der Waals surface area contributed by atoms with Gasteiger partial charge in [0.2, 0.25) is 0 Å². The molecule has 0 radical (unpaired) electrons. The molecule has 0 saturated heterocycles. The lowest BCUT2D eigenvalue weighted by Crippen LogP contribution is -2.09. The van der Waals surface area contributed by atoms with E-state index in [0.29, 0.717) is 0 Å². The third-order valence-corrected chi connectivity index (χ3v) is 3.52. The minimum atomic E-state index is -1.57. The van der Waals surface area contributed by atoms with E-state index in [2.05, 4.69) is 0 Å². The summed E-state index contributed by atoms with van der Waals surface area (Å²) >= 11 is 0. The number of halogens is 4. The molecule has 2 saturated carbocycles. The maximum atomic E-state index is 12.3. The summed E-state index contributed by atoms with van der Waals surface area (Å²) in [5.74, 6) is -3.82. The normalized spacial score (nSPS) is 40.0. The number of aliphatic carboxylic acids is 2. The van der Waals surface area contributed by atoms with Crippen LogP contribution in [0.1, 0.15) is 25.7 Å². The first-order valence-electron chi connectivity index (χ1n) is 6.24. The van der Waals surface area contributed by atoms with Gasteiger partial charge in [-0.3, -0.25) is 9.59 Å². The molecule has 0 spiro atoms. The molecule has 8 heteroatoms. The summed E-state index contributed by atoms with van der Waals surface area (Å²) in [5.41, 5.74) is 0. The zero-order valence-electron chi connectivity index (χ0n) is 10.5. The Bertz CT molecular complexity index is 311. The van der Waals surface area contributed by atoms with Crippen molar-refractivity contribution in [3.63, 3.8) is 0 Å². The van der Waals surface area contributed by atoms with E-state index in [-0.39, 0.29) is 25.7 Å². The van der Waals surface area contributed by atoms with Crippen LogP contribution < -0.4 is 0 Å². The smallest absolute Gasteiger partial charge is 0.306 e. The molecule has 0 aromatic heterocycles. The summed E-state index contributed by atoms with van der Waals surface area (Å²) in [5, 5.41) is 16.6. The van der Waals surface area contributed by atoms with Crippen molar-refractivity contribution >= 4 is 11.9 Å². The van der Waals surface area contributed by atoms with E-state index >= 15 is 0 Å². The molecule has 0 heterocycles.